The lowest BCUT2D eigenvalue weighted by molar-refractivity contribution is 0.0601. The summed E-state index contributed by atoms with van der Waals surface area (Å²) >= 11 is 0. The first-order valence-electron chi connectivity index (χ1n) is 6.23. The highest BCUT2D eigenvalue weighted by Gasteiger charge is 2.09. The number of halogens is 1. The molecule has 3 nitrogen and oxygen atoms in total. The first-order valence-corrected chi connectivity index (χ1v) is 6.23. The van der Waals surface area contributed by atoms with Crippen molar-refractivity contribution >= 4 is 5.97 Å². The second kappa shape index (κ2) is 6.30. The zero-order chi connectivity index (χ0) is 14.5. The molecule has 1 N–H and O–H groups in total. The largest absolute Gasteiger partial charge is 0.465 e. The Balaban J connectivity index is 2.35. The second-order valence-electron chi connectivity index (χ2n) is 4.36. The fourth-order valence-corrected chi connectivity index (χ4v) is 1.98. The number of methoxy groups -OCH3 is 1. The Morgan fingerprint density at radius 3 is 2.50 bits per heavy atom. The Morgan fingerprint density at radius 2 is 1.90 bits per heavy atom. The summed E-state index contributed by atoms with van der Waals surface area (Å²) in [6, 6.07) is 11.3. The molecule has 0 saturated heterocycles. The van der Waals surface area contributed by atoms with Crippen LogP contribution in [0.1, 0.15) is 15.9 Å². The highest BCUT2D eigenvalue weighted by atomic mass is 19.1. The summed E-state index contributed by atoms with van der Waals surface area (Å²) in [4.78, 5) is 11.3. The van der Waals surface area contributed by atoms with E-state index in [4.69, 9.17) is 5.11 Å². The van der Waals surface area contributed by atoms with Crippen LogP contribution in [0.5, 0.6) is 0 Å². The van der Waals surface area contributed by atoms with E-state index in [-0.39, 0.29) is 12.4 Å². The summed E-state index contributed by atoms with van der Waals surface area (Å²) in [7, 11) is 1.31. The van der Waals surface area contributed by atoms with Crippen LogP contribution in [0.2, 0.25) is 0 Å². The molecule has 4 heteroatoms. The Kier molecular flexibility index (Phi) is 4.48. The van der Waals surface area contributed by atoms with Gasteiger partial charge in [-0.05, 0) is 41.8 Å². The van der Waals surface area contributed by atoms with Gasteiger partial charge in [-0.3, -0.25) is 0 Å². The first kappa shape index (κ1) is 14.2. The minimum absolute atomic E-state index is 0.0202. The third-order valence-electron chi connectivity index (χ3n) is 3.05. The molecule has 0 saturated carbocycles. The van der Waals surface area contributed by atoms with Crippen molar-refractivity contribution in [1.82, 2.24) is 0 Å². The van der Waals surface area contributed by atoms with E-state index in [1.165, 1.54) is 13.2 Å². The predicted octanol–water partition coefficient (Wildman–Crippen LogP) is 2.81. The van der Waals surface area contributed by atoms with Crippen molar-refractivity contribution in [3.63, 3.8) is 0 Å². The molecule has 0 atom stereocenters. The molecule has 2 aromatic carbocycles. The predicted molar refractivity (Wildman–Crippen MR) is 74.0 cm³/mol. The average Bonchev–Trinajstić information content (AvgIpc) is 2.49. The number of hydrogen-bond acceptors (Lipinski definition) is 3. The molecule has 0 aliphatic rings. The van der Waals surface area contributed by atoms with Crippen LogP contribution in [0.15, 0.2) is 42.5 Å². The molecule has 104 valence electrons. The third-order valence-corrected chi connectivity index (χ3v) is 3.05. The van der Waals surface area contributed by atoms with Crippen molar-refractivity contribution in [1.29, 1.82) is 0 Å². The van der Waals surface area contributed by atoms with Gasteiger partial charge in [-0.1, -0.05) is 18.2 Å². The van der Waals surface area contributed by atoms with Gasteiger partial charge in [-0.2, -0.15) is 0 Å². The zero-order valence-electron chi connectivity index (χ0n) is 11.1. The summed E-state index contributed by atoms with van der Waals surface area (Å²) in [6.45, 7) is 0.0202. The maximum atomic E-state index is 13.9. The SMILES string of the molecule is COC(=O)c1ccc(-c2cc(CCO)ccc2F)cc1. The van der Waals surface area contributed by atoms with E-state index >= 15 is 0 Å². The Morgan fingerprint density at radius 1 is 1.20 bits per heavy atom. The minimum atomic E-state index is -0.425. The van der Waals surface area contributed by atoms with Crippen LogP contribution in [-0.2, 0) is 11.2 Å². The second-order valence-corrected chi connectivity index (χ2v) is 4.36. The molecule has 0 amide bonds. The fourth-order valence-electron chi connectivity index (χ4n) is 1.98. The molecular weight excluding hydrogens is 259 g/mol. The number of aliphatic hydroxyl groups excluding tert-OH is 1. The van der Waals surface area contributed by atoms with Gasteiger partial charge in [0.15, 0.2) is 0 Å². The molecule has 0 bridgehead atoms. The van der Waals surface area contributed by atoms with Gasteiger partial charge in [0, 0.05) is 12.2 Å². The van der Waals surface area contributed by atoms with Gasteiger partial charge >= 0.3 is 5.97 Å². The number of rotatable bonds is 4. The van der Waals surface area contributed by atoms with E-state index in [9.17, 15) is 9.18 Å². The third kappa shape index (κ3) is 3.03. The molecular formula is C16H15FO3. The van der Waals surface area contributed by atoms with Gasteiger partial charge in [0.05, 0.1) is 12.7 Å². The topological polar surface area (TPSA) is 46.5 Å². The number of carbonyl (C=O) groups excluding carboxylic acids is 1. The van der Waals surface area contributed by atoms with Crippen LogP contribution in [0, 0.1) is 5.82 Å². The summed E-state index contributed by atoms with van der Waals surface area (Å²) in [5, 5.41) is 8.93. The maximum absolute atomic E-state index is 13.9. The lowest BCUT2D eigenvalue weighted by Crippen LogP contribution is -2.00. The van der Waals surface area contributed by atoms with E-state index in [1.54, 1.807) is 36.4 Å². The molecule has 0 aliphatic heterocycles. The van der Waals surface area contributed by atoms with Crippen molar-refractivity contribution in [2.75, 3.05) is 13.7 Å². The first-order chi connectivity index (χ1) is 9.65. The summed E-state index contributed by atoms with van der Waals surface area (Å²) in [5.74, 6) is -0.761. The van der Waals surface area contributed by atoms with Crippen molar-refractivity contribution in [2.24, 2.45) is 0 Å². The van der Waals surface area contributed by atoms with Gasteiger partial charge in [0.2, 0.25) is 0 Å². The van der Waals surface area contributed by atoms with E-state index in [0.717, 1.165) is 5.56 Å². The van der Waals surface area contributed by atoms with Gasteiger partial charge in [0.25, 0.3) is 0 Å². The Bertz CT molecular complexity index is 606. The lowest BCUT2D eigenvalue weighted by Gasteiger charge is -2.07. The Labute approximate surface area is 116 Å². The molecule has 0 heterocycles. The maximum Gasteiger partial charge on any atom is 0.337 e. The van der Waals surface area contributed by atoms with E-state index in [2.05, 4.69) is 4.74 Å². The van der Waals surface area contributed by atoms with Crippen LogP contribution in [0.4, 0.5) is 4.39 Å². The molecule has 0 aromatic heterocycles. The normalized spacial score (nSPS) is 10.3. The van der Waals surface area contributed by atoms with E-state index in [0.29, 0.717) is 23.1 Å². The number of ether oxygens (including phenoxy) is 1. The zero-order valence-corrected chi connectivity index (χ0v) is 11.1. The van der Waals surface area contributed by atoms with Crippen LogP contribution in [0.25, 0.3) is 11.1 Å². The van der Waals surface area contributed by atoms with Crippen molar-refractivity contribution in [3.05, 3.63) is 59.4 Å². The van der Waals surface area contributed by atoms with Gasteiger partial charge in [-0.25, -0.2) is 9.18 Å². The highest BCUT2D eigenvalue weighted by molar-refractivity contribution is 5.90. The van der Waals surface area contributed by atoms with Crippen LogP contribution in [0.3, 0.4) is 0 Å². The minimum Gasteiger partial charge on any atom is -0.465 e. The Hall–Kier alpha value is -2.20. The quantitative estimate of drug-likeness (QED) is 0.872. The van der Waals surface area contributed by atoms with Crippen LogP contribution >= 0.6 is 0 Å². The fraction of sp³-hybridized carbons (Fsp3) is 0.188. The molecule has 0 fully saturated rings. The molecule has 20 heavy (non-hydrogen) atoms. The van der Waals surface area contributed by atoms with E-state index in [1.807, 2.05) is 0 Å². The van der Waals surface area contributed by atoms with Crippen molar-refractivity contribution in [3.8, 4) is 11.1 Å². The van der Waals surface area contributed by atoms with Crippen molar-refractivity contribution in [2.45, 2.75) is 6.42 Å². The molecule has 0 radical (unpaired) electrons. The molecule has 0 unspecified atom stereocenters. The summed E-state index contributed by atoms with van der Waals surface area (Å²) < 4.78 is 18.5. The van der Waals surface area contributed by atoms with Gasteiger partial charge in [0.1, 0.15) is 5.82 Å². The van der Waals surface area contributed by atoms with Gasteiger partial charge < -0.3 is 9.84 Å². The van der Waals surface area contributed by atoms with Gasteiger partial charge in [-0.15, -0.1) is 0 Å². The summed E-state index contributed by atoms with van der Waals surface area (Å²) in [6.07, 6.45) is 0.480. The number of carbonyl (C=O) groups is 1. The summed E-state index contributed by atoms with van der Waals surface area (Å²) in [5.41, 5.74) is 2.41. The van der Waals surface area contributed by atoms with Crippen molar-refractivity contribution < 1.29 is 19.0 Å². The lowest BCUT2D eigenvalue weighted by atomic mass is 10.00. The average molecular weight is 274 g/mol. The smallest absolute Gasteiger partial charge is 0.337 e. The number of aliphatic hydroxyl groups is 1. The standard InChI is InChI=1S/C16H15FO3/c1-20-16(19)13-5-3-12(4-6-13)14-10-11(8-9-18)2-7-15(14)17/h2-7,10,18H,8-9H2,1H3. The van der Waals surface area contributed by atoms with Crippen LogP contribution < -0.4 is 0 Å². The molecule has 2 rings (SSSR count). The molecule has 0 aliphatic carbocycles. The monoisotopic (exact) mass is 274 g/mol. The molecule has 0 spiro atoms. The van der Waals surface area contributed by atoms with E-state index < -0.39 is 5.97 Å². The number of hydrogen-bond donors (Lipinski definition) is 1. The van der Waals surface area contributed by atoms with Crippen LogP contribution in [-0.4, -0.2) is 24.8 Å². The highest BCUT2D eigenvalue weighted by Crippen LogP contribution is 2.24. The molecule has 2 aromatic rings. The number of benzene rings is 2. The number of esters is 1.